The van der Waals surface area contributed by atoms with Crippen LogP contribution >= 0.6 is 23.2 Å². The minimum atomic E-state index is -0.0826. The van der Waals surface area contributed by atoms with Crippen LogP contribution in [0.25, 0.3) is 0 Å². The first-order valence-electron chi connectivity index (χ1n) is 4.12. The third kappa shape index (κ3) is 3.53. The Morgan fingerprint density at radius 3 is 2.80 bits per heavy atom. The van der Waals surface area contributed by atoms with Crippen molar-refractivity contribution < 1.29 is 4.79 Å². The zero-order chi connectivity index (χ0) is 11.4. The summed E-state index contributed by atoms with van der Waals surface area (Å²) in [6.45, 7) is 0.111. The summed E-state index contributed by atoms with van der Waals surface area (Å²) in [6.07, 6.45) is 1.37. The number of hydrogen-bond acceptors (Lipinski definition) is 4. The topological polar surface area (TPSA) is 58.1 Å². The Hall–Kier alpha value is -1.07. The van der Waals surface area contributed by atoms with Crippen molar-refractivity contribution in [2.75, 3.05) is 26.0 Å². The fourth-order valence-corrected chi connectivity index (χ4v) is 1.08. The molecule has 0 aliphatic carbocycles. The van der Waals surface area contributed by atoms with Crippen LogP contribution in [0.3, 0.4) is 0 Å². The molecule has 0 spiro atoms. The Morgan fingerprint density at radius 2 is 2.20 bits per heavy atom. The van der Waals surface area contributed by atoms with Gasteiger partial charge < -0.3 is 10.2 Å². The lowest BCUT2D eigenvalue weighted by Crippen LogP contribution is -2.28. The normalized spacial score (nSPS) is 9.87. The molecule has 0 radical (unpaired) electrons. The largest absolute Gasteiger partial charge is 0.360 e. The van der Waals surface area contributed by atoms with E-state index in [1.165, 1.54) is 11.1 Å². The lowest BCUT2D eigenvalue weighted by atomic mass is 10.5. The lowest BCUT2D eigenvalue weighted by molar-refractivity contribution is -0.126. The number of amides is 1. The van der Waals surface area contributed by atoms with Crippen LogP contribution in [0.5, 0.6) is 0 Å². The first-order valence-corrected chi connectivity index (χ1v) is 4.88. The molecule has 0 aliphatic heterocycles. The molecule has 0 bridgehead atoms. The highest BCUT2D eigenvalue weighted by Gasteiger charge is 2.07. The van der Waals surface area contributed by atoms with Gasteiger partial charge in [0.25, 0.3) is 0 Å². The maximum Gasteiger partial charge on any atom is 0.241 e. The molecule has 0 aromatic carbocycles. The molecule has 0 saturated heterocycles. The maximum absolute atomic E-state index is 11.3. The zero-order valence-corrected chi connectivity index (χ0v) is 9.80. The van der Waals surface area contributed by atoms with E-state index in [0.717, 1.165) is 0 Å². The molecule has 1 aromatic rings. The number of nitrogens with one attached hydrogen (secondary N) is 1. The van der Waals surface area contributed by atoms with Gasteiger partial charge in [-0.15, -0.1) is 0 Å². The summed E-state index contributed by atoms with van der Waals surface area (Å²) in [4.78, 5) is 20.3. The highest BCUT2D eigenvalue weighted by Crippen LogP contribution is 2.18. The molecule has 1 heterocycles. The van der Waals surface area contributed by atoms with Crippen molar-refractivity contribution in [2.24, 2.45) is 0 Å². The van der Waals surface area contributed by atoms with E-state index >= 15 is 0 Å². The van der Waals surface area contributed by atoms with E-state index in [9.17, 15) is 4.79 Å². The van der Waals surface area contributed by atoms with Gasteiger partial charge in [-0.2, -0.15) is 4.98 Å². The number of halogens is 2. The number of anilines is 1. The molecule has 1 rings (SSSR count). The fraction of sp³-hybridized carbons (Fsp3) is 0.375. The van der Waals surface area contributed by atoms with Gasteiger partial charge in [-0.05, 0) is 11.6 Å². The van der Waals surface area contributed by atoms with Gasteiger partial charge in [0, 0.05) is 14.1 Å². The summed E-state index contributed by atoms with van der Waals surface area (Å²) in [6, 6.07) is 0. The molecule has 5 nitrogen and oxygen atoms in total. The minimum absolute atomic E-state index is 0.0826. The second kappa shape index (κ2) is 5.14. The summed E-state index contributed by atoms with van der Waals surface area (Å²) in [5, 5.41) is 3.18. The van der Waals surface area contributed by atoms with Crippen molar-refractivity contribution in [3.8, 4) is 0 Å². The lowest BCUT2D eigenvalue weighted by Gasteiger charge is -2.11. The van der Waals surface area contributed by atoms with Crippen molar-refractivity contribution in [2.45, 2.75) is 0 Å². The summed E-state index contributed by atoms with van der Waals surface area (Å²) < 4.78 is 0. The van der Waals surface area contributed by atoms with Crippen LogP contribution in [0.15, 0.2) is 6.20 Å². The van der Waals surface area contributed by atoms with E-state index in [0.29, 0.717) is 10.8 Å². The standard InChI is InChI=1S/C8H10Cl2N4O/c1-14(2)6(15)4-11-7-5(9)3-12-8(10)13-7/h3H,4H2,1-2H3,(H,11,12,13). The number of carbonyl (C=O) groups is 1. The Morgan fingerprint density at radius 1 is 1.53 bits per heavy atom. The molecular weight excluding hydrogens is 239 g/mol. The monoisotopic (exact) mass is 248 g/mol. The molecular formula is C8H10Cl2N4O. The molecule has 0 saturated carbocycles. The molecule has 82 valence electrons. The van der Waals surface area contributed by atoms with Crippen LogP contribution < -0.4 is 5.32 Å². The highest BCUT2D eigenvalue weighted by molar-refractivity contribution is 6.33. The molecule has 1 aromatic heterocycles. The number of nitrogens with zero attached hydrogens (tertiary/aromatic N) is 3. The van der Waals surface area contributed by atoms with E-state index in [2.05, 4.69) is 15.3 Å². The number of rotatable bonds is 3. The Balaban J connectivity index is 2.65. The minimum Gasteiger partial charge on any atom is -0.360 e. The van der Waals surface area contributed by atoms with E-state index in [1.807, 2.05) is 0 Å². The van der Waals surface area contributed by atoms with Crippen LogP contribution in [0.2, 0.25) is 10.3 Å². The van der Waals surface area contributed by atoms with Gasteiger partial charge in [0.1, 0.15) is 10.8 Å². The van der Waals surface area contributed by atoms with Crippen LogP contribution in [-0.2, 0) is 4.79 Å². The number of aromatic nitrogens is 2. The second-order valence-electron chi connectivity index (χ2n) is 2.98. The number of likely N-dealkylation sites (N-methyl/N-ethyl adjacent to an activating group) is 1. The summed E-state index contributed by atoms with van der Waals surface area (Å²) in [5.74, 6) is 0.271. The smallest absolute Gasteiger partial charge is 0.241 e. The van der Waals surface area contributed by atoms with Crippen molar-refractivity contribution in [3.63, 3.8) is 0 Å². The maximum atomic E-state index is 11.3. The van der Waals surface area contributed by atoms with Crippen LogP contribution in [-0.4, -0.2) is 41.4 Å². The van der Waals surface area contributed by atoms with Gasteiger partial charge in [-0.25, -0.2) is 4.98 Å². The van der Waals surface area contributed by atoms with Gasteiger partial charge in [0.05, 0.1) is 12.7 Å². The zero-order valence-electron chi connectivity index (χ0n) is 8.29. The molecule has 1 amide bonds. The average molecular weight is 249 g/mol. The van der Waals surface area contributed by atoms with E-state index < -0.39 is 0 Å². The number of hydrogen-bond donors (Lipinski definition) is 1. The molecule has 0 aliphatic rings. The van der Waals surface area contributed by atoms with Crippen molar-refractivity contribution in [1.82, 2.24) is 14.9 Å². The highest BCUT2D eigenvalue weighted by atomic mass is 35.5. The van der Waals surface area contributed by atoms with Gasteiger partial charge in [-0.1, -0.05) is 11.6 Å². The summed E-state index contributed by atoms with van der Waals surface area (Å²) in [5.41, 5.74) is 0. The van der Waals surface area contributed by atoms with E-state index in [-0.39, 0.29) is 17.7 Å². The van der Waals surface area contributed by atoms with Gasteiger partial charge in [0.2, 0.25) is 11.2 Å². The Kier molecular flexibility index (Phi) is 4.11. The van der Waals surface area contributed by atoms with Gasteiger partial charge in [0.15, 0.2) is 0 Å². The van der Waals surface area contributed by atoms with Crippen LogP contribution in [0, 0.1) is 0 Å². The SMILES string of the molecule is CN(C)C(=O)CNc1nc(Cl)ncc1Cl. The average Bonchev–Trinajstić information content (AvgIpc) is 2.18. The fourth-order valence-electron chi connectivity index (χ4n) is 0.787. The first-order chi connectivity index (χ1) is 7.00. The van der Waals surface area contributed by atoms with Crippen molar-refractivity contribution in [3.05, 3.63) is 16.5 Å². The van der Waals surface area contributed by atoms with Crippen LogP contribution in [0.1, 0.15) is 0 Å². The van der Waals surface area contributed by atoms with Crippen molar-refractivity contribution >= 4 is 34.9 Å². The predicted molar refractivity (Wildman–Crippen MR) is 59.2 cm³/mol. The van der Waals surface area contributed by atoms with E-state index in [1.54, 1.807) is 14.1 Å². The van der Waals surface area contributed by atoms with Crippen molar-refractivity contribution in [1.29, 1.82) is 0 Å². The first kappa shape index (κ1) is 12.0. The molecule has 0 atom stereocenters. The predicted octanol–water partition coefficient (Wildman–Crippen LogP) is 1.28. The molecule has 15 heavy (non-hydrogen) atoms. The summed E-state index contributed by atoms with van der Waals surface area (Å²) in [7, 11) is 3.33. The van der Waals surface area contributed by atoms with Crippen LogP contribution in [0.4, 0.5) is 5.82 Å². The van der Waals surface area contributed by atoms with Gasteiger partial charge in [-0.3, -0.25) is 4.79 Å². The molecule has 7 heteroatoms. The molecule has 0 unspecified atom stereocenters. The second-order valence-corrected chi connectivity index (χ2v) is 3.72. The van der Waals surface area contributed by atoms with Gasteiger partial charge >= 0.3 is 0 Å². The molecule has 0 fully saturated rings. The molecule has 1 N–H and O–H groups in total. The third-order valence-corrected chi connectivity index (χ3v) is 2.08. The Labute approximate surface area is 97.4 Å². The third-order valence-electron chi connectivity index (χ3n) is 1.62. The Bertz CT molecular complexity index is 370. The van der Waals surface area contributed by atoms with E-state index in [4.69, 9.17) is 23.2 Å². The number of carbonyl (C=O) groups excluding carboxylic acids is 1. The summed E-state index contributed by atoms with van der Waals surface area (Å²) >= 11 is 11.4. The quantitative estimate of drug-likeness (QED) is 0.820.